The van der Waals surface area contributed by atoms with E-state index in [1.807, 2.05) is 0 Å². The molecule has 1 fully saturated rings. The van der Waals surface area contributed by atoms with Gasteiger partial charge >= 0.3 is 6.18 Å². The first-order valence-electron chi connectivity index (χ1n) is 5.89. The Labute approximate surface area is 111 Å². The van der Waals surface area contributed by atoms with Crippen molar-refractivity contribution in [2.75, 3.05) is 0 Å². The first kappa shape index (κ1) is 14.1. The van der Waals surface area contributed by atoms with Crippen LogP contribution in [0.4, 0.5) is 13.2 Å². The van der Waals surface area contributed by atoms with Crippen LogP contribution < -0.4 is 10.9 Å². The standard InChI is InChI=1S/C13H15F3N2Si/c1-19(2,3)9-8-10-4-6-11(7-5-10)12(17-18-12)13(14,15)16/h4-7,17-18H,1-3H3. The molecule has 2 N–H and O–H groups in total. The highest BCUT2D eigenvalue weighted by atomic mass is 28.3. The van der Waals surface area contributed by atoms with Crippen molar-refractivity contribution in [1.82, 2.24) is 10.9 Å². The average molecular weight is 284 g/mol. The lowest BCUT2D eigenvalue weighted by atomic mass is 10.0. The van der Waals surface area contributed by atoms with Crippen molar-refractivity contribution < 1.29 is 13.2 Å². The Morgan fingerprint density at radius 2 is 1.58 bits per heavy atom. The number of nitrogens with one attached hydrogen (secondary N) is 2. The molecule has 0 aliphatic carbocycles. The predicted octanol–water partition coefficient (Wildman–Crippen LogP) is 2.74. The van der Waals surface area contributed by atoms with Crippen molar-refractivity contribution in [1.29, 1.82) is 0 Å². The molecule has 0 atom stereocenters. The number of hydrogen-bond donors (Lipinski definition) is 2. The van der Waals surface area contributed by atoms with Crippen LogP contribution in [0.1, 0.15) is 11.1 Å². The molecule has 19 heavy (non-hydrogen) atoms. The molecule has 0 radical (unpaired) electrons. The molecule has 1 heterocycles. The van der Waals surface area contributed by atoms with Gasteiger partial charge in [-0.1, -0.05) is 37.7 Å². The van der Waals surface area contributed by atoms with Crippen LogP contribution >= 0.6 is 0 Å². The lowest BCUT2D eigenvalue weighted by Gasteiger charge is -2.16. The van der Waals surface area contributed by atoms with Crippen molar-refractivity contribution in [3.63, 3.8) is 0 Å². The highest BCUT2D eigenvalue weighted by molar-refractivity contribution is 6.83. The van der Waals surface area contributed by atoms with E-state index in [1.165, 1.54) is 12.1 Å². The van der Waals surface area contributed by atoms with Gasteiger partial charge in [0.15, 0.2) is 0 Å². The van der Waals surface area contributed by atoms with Crippen molar-refractivity contribution >= 4 is 8.07 Å². The highest BCUT2D eigenvalue weighted by Crippen LogP contribution is 2.41. The molecule has 0 spiro atoms. The molecule has 1 aromatic carbocycles. The molecule has 0 bridgehead atoms. The van der Waals surface area contributed by atoms with Crippen LogP contribution in [0.2, 0.25) is 19.6 Å². The van der Waals surface area contributed by atoms with E-state index in [1.54, 1.807) is 12.1 Å². The van der Waals surface area contributed by atoms with Crippen LogP contribution in [-0.4, -0.2) is 14.3 Å². The van der Waals surface area contributed by atoms with E-state index in [9.17, 15) is 13.2 Å². The number of rotatable bonds is 1. The fraction of sp³-hybridized carbons (Fsp3) is 0.385. The SMILES string of the molecule is C[Si](C)(C)C#Cc1ccc(C2(C(F)(F)F)NN2)cc1. The third-order valence-corrected chi connectivity index (χ3v) is 3.57. The van der Waals surface area contributed by atoms with Gasteiger partial charge in [-0.25, -0.2) is 10.9 Å². The van der Waals surface area contributed by atoms with Gasteiger partial charge in [-0.15, -0.1) is 5.54 Å². The number of hydrazine groups is 1. The second-order valence-corrected chi connectivity index (χ2v) is 10.3. The van der Waals surface area contributed by atoms with Gasteiger partial charge < -0.3 is 0 Å². The summed E-state index contributed by atoms with van der Waals surface area (Å²) in [6.07, 6.45) is -4.36. The Bertz CT molecular complexity index is 528. The minimum absolute atomic E-state index is 0.151. The van der Waals surface area contributed by atoms with Crippen molar-refractivity contribution in [2.24, 2.45) is 0 Å². The van der Waals surface area contributed by atoms with Gasteiger partial charge in [-0.05, 0) is 17.7 Å². The molecule has 2 nitrogen and oxygen atoms in total. The fourth-order valence-corrected chi connectivity index (χ4v) is 2.09. The van der Waals surface area contributed by atoms with Crippen molar-refractivity contribution in [3.8, 4) is 11.5 Å². The zero-order chi connectivity index (χ0) is 14.3. The predicted molar refractivity (Wildman–Crippen MR) is 70.7 cm³/mol. The lowest BCUT2D eigenvalue weighted by molar-refractivity contribution is -0.165. The molecule has 1 aromatic rings. The molecule has 0 amide bonds. The van der Waals surface area contributed by atoms with Gasteiger partial charge in [-0.2, -0.15) is 13.2 Å². The van der Waals surface area contributed by atoms with Gasteiger partial charge in [0.25, 0.3) is 0 Å². The fourth-order valence-electron chi connectivity index (χ4n) is 1.58. The molecule has 2 rings (SSSR count). The maximum absolute atomic E-state index is 12.8. The first-order chi connectivity index (χ1) is 8.64. The topological polar surface area (TPSA) is 43.9 Å². The van der Waals surface area contributed by atoms with Crippen LogP contribution in [0.25, 0.3) is 0 Å². The van der Waals surface area contributed by atoms with Crippen LogP contribution in [-0.2, 0) is 5.66 Å². The van der Waals surface area contributed by atoms with Crippen LogP contribution in [0.5, 0.6) is 0 Å². The molecule has 0 aromatic heterocycles. The molecule has 0 saturated carbocycles. The number of alkyl halides is 3. The molecule has 1 saturated heterocycles. The van der Waals surface area contributed by atoms with Crippen molar-refractivity contribution in [2.45, 2.75) is 31.5 Å². The monoisotopic (exact) mass is 284 g/mol. The second kappa shape index (κ2) is 4.37. The number of benzene rings is 1. The number of halogens is 3. The third kappa shape index (κ3) is 3.00. The molecule has 102 valence electrons. The van der Waals surface area contributed by atoms with Gasteiger partial charge in [0.05, 0.1) is 0 Å². The lowest BCUT2D eigenvalue weighted by Crippen LogP contribution is -2.34. The van der Waals surface area contributed by atoms with Crippen LogP contribution in [0, 0.1) is 11.5 Å². The Hall–Kier alpha value is -1.29. The van der Waals surface area contributed by atoms with Gasteiger partial charge in [0, 0.05) is 5.56 Å². The maximum atomic E-state index is 12.8. The Balaban J connectivity index is 2.23. The van der Waals surface area contributed by atoms with Gasteiger partial charge in [0.2, 0.25) is 5.66 Å². The van der Waals surface area contributed by atoms with E-state index in [2.05, 4.69) is 42.0 Å². The van der Waals surface area contributed by atoms with E-state index in [0.717, 1.165) is 5.56 Å². The smallest absolute Gasteiger partial charge is 0.223 e. The minimum Gasteiger partial charge on any atom is -0.223 e. The summed E-state index contributed by atoms with van der Waals surface area (Å²) in [7, 11) is -1.47. The Kier molecular flexibility index (Phi) is 3.25. The Morgan fingerprint density at radius 3 is 1.95 bits per heavy atom. The third-order valence-electron chi connectivity index (χ3n) is 2.70. The summed E-state index contributed by atoms with van der Waals surface area (Å²) in [5, 5.41) is 0. The summed E-state index contributed by atoms with van der Waals surface area (Å²) in [6.45, 7) is 6.35. The molecule has 1 aliphatic rings. The molecule has 0 unspecified atom stereocenters. The van der Waals surface area contributed by atoms with E-state index in [-0.39, 0.29) is 5.56 Å². The zero-order valence-electron chi connectivity index (χ0n) is 10.9. The van der Waals surface area contributed by atoms with Crippen LogP contribution in [0.3, 0.4) is 0 Å². The molecular weight excluding hydrogens is 269 g/mol. The minimum atomic E-state index is -4.36. The van der Waals surface area contributed by atoms with Gasteiger partial charge in [-0.3, -0.25) is 0 Å². The van der Waals surface area contributed by atoms with Crippen molar-refractivity contribution in [3.05, 3.63) is 35.4 Å². The largest absolute Gasteiger partial charge is 0.426 e. The van der Waals surface area contributed by atoms with E-state index < -0.39 is 19.9 Å². The van der Waals surface area contributed by atoms with E-state index in [4.69, 9.17) is 0 Å². The number of hydrogen-bond acceptors (Lipinski definition) is 2. The summed E-state index contributed by atoms with van der Waals surface area (Å²) in [5.41, 5.74) is 6.33. The molecule has 1 aliphatic heterocycles. The van der Waals surface area contributed by atoms with E-state index >= 15 is 0 Å². The summed E-state index contributed by atoms with van der Waals surface area (Å²) in [6, 6.07) is 6.15. The summed E-state index contributed by atoms with van der Waals surface area (Å²) < 4.78 is 38.5. The van der Waals surface area contributed by atoms with Crippen LogP contribution in [0.15, 0.2) is 24.3 Å². The normalized spacial score (nSPS) is 17.6. The highest BCUT2D eigenvalue weighted by Gasteiger charge is 2.65. The van der Waals surface area contributed by atoms with E-state index in [0.29, 0.717) is 0 Å². The quantitative estimate of drug-likeness (QED) is 0.473. The molecular formula is C13H15F3N2Si. The van der Waals surface area contributed by atoms with Gasteiger partial charge in [0.1, 0.15) is 8.07 Å². The summed E-state index contributed by atoms with van der Waals surface area (Å²) in [5.74, 6) is 3.01. The molecule has 6 heteroatoms. The zero-order valence-corrected chi connectivity index (χ0v) is 11.9. The summed E-state index contributed by atoms with van der Waals surface area (Å²) >= 11 is 0. The average Bonchev–Trinajstić information content (AvgIpc) is 3.06. The summed E-state index contributed by atoms with van der Waals surface area (Å²) in [4.78, 5) is 0. The second-order valence-electron chi connectivity index (χ2n) is 5.58. The Morgan fingerprint density at radius 1 is 1.05 bits per heavy atom. The maximum Gasteiger partial charge on any atom is 0.426 e. The first-order valence-corrected chi connectivity index (χ1v) is 9.39.